The Morgan fingerprint density at radius 3 is 2.70 bits per heavy atom. The third-order valence-corrected chi connectivity index (χ3v) is 8.03. The molecule has 3 aromatic heterocycles. The molecule has 1 aliphatic heterocycles. The maximum absolute atomic E-state index is 11.7. The van der Waals surface area contributed by atoms with Crippen molar-refractivity contribution in [3.05, 3.63) is 54.0 Å². The second-order valence-electron chi connectivity index (χ2n) is 8.22. The van der Waals surface area contributed by atoms with E-state index in [0.717, 1.165) is 50.1 Å². The van der Waals surface area contributed by atoms with Gasteiger partial charge in [0.25, 0.3) is 0 Å². The number of hydrogen-bond donors (Lipinski definition) is 2. The lowest BCUT2D eigenvalue weighted by Crippen LogP contribution is -2.47. The van der Waals surface area contributed by atoms with Crippen molar-refractivity contribution in [1.29, 1.82) is 0 Å². The number of H-pyrrole nitrogens is 1. The number of anilines is 2. The van der Waals surface area contributed by atoms with Gasteiger partial charge in [-0.2, -0.15) is 9.40 Å². The van der Waals surface area contributed by atoms with Crippen molar-refractivity contribution in [3.63, 3.8) is 0 Å². The molecule has 0 aliphatic carbocycles. The van der Waals surface area contributed by atoms with Crippen LogP contribution >= 0.6 is 11.3 Å². The molecule has 0 unspecified atom stereocenters. The van der Waals surface area contributed by atoms with Crippen LogP contribution in [0.5, 0.6) is 0 Å². The van der Waals surface area contributed by atoms with Crippen LogP contribution in [0.2, 0.25) is 0 Å². The van der Waals surface area contributed by atoms with Gasteiger partial charge in [-0.15, -0.1) is 0 Å². The first-order chi connectivity index (χ1) is 15.8. The molecule has 9 nitrogen and oxygen atoms in total. The number of aromatic nitrogens is 4. The fourth-order valence-electron chi connectivity index (χ4n) is 4.02. The van der Waals surface area contributed by atoms with Crippen LogP contribution in [-0.4, -0.2) is 70.2 Å². The highest BCUT2D eigenvalue weighted by molar-refractivity contribution is 7.88. The molecule has 0 radical (unpaired) electrons. The minimum atomic E-state index is -3.12. The Morgan fingerprint density at radius 1 is 1.15 bits per heavy atom. The smallest absolute Gasteiger partial charge is 0.211 e. The molecule has 11 heteroatoms. The second-order valence-corrected chi connectivity index (χ2v) is 11.2. The number of sulfonamides is 1. The van der Waals surface area contributed by atoms with Gasteiger partial charge in [-0.1, -0.05) is 17.4 Å². The van der Waals surface area contributed by atoms with Crippen LogP contribution in [0.1, 0.15) is 11.3 Å². The number of aromatic amines is 1. The van der Waals surface area contributed by atoms with Crippen molar-refractivity contribution in [3.8, 4) is 11.1 Å². The van der Waals surface area contributed by atoms with E-state index >= 15 is 0 Å². The van der Waals surface area contributed by atoms with Gasteiger partial charge in [0.05, 0.1) is 22.7 Å². The number of hydrogen-bond acceptors (Lipinski definition) is 8. The van der Waals surface area contributed by atoms with E-state index in [1.165, 1.54) is 10.6 Å². The van der Waals surface area contributed by atoms with Crippen molar-refractivity contribution in [1.82, 2.24) is 29.4 Å². The van der Waals surface area contributed by atoms with Crippen molar-refractivity contribution >= 4 is 42.5 Å². The highest BCUT2D eigenvalue weighted by Crippen LogP contribution is 2.32. The predicted octanol–water partition coefficient (Wildman–Crippen LogP) is 3.21. The van der Waals surface area contributed by atoms with Crippen molar-refractivity contribution in [2.45, 2.75) is 13.5 Å². The zero-order valence-corrected chi connectivity index (χ0v) is 20.1. The Bertz CT molecular complexity index is 1390. The fraction of sp³-hybridized carbons (Fsp3) is 0.318. The van der Waals surface area contributed by atoms with Gasteiger partial charge in [0.15, 0.2) is 5.13 Å². The normalized spacial score (nSPS) is 15.8. The molecule has 33 heavy (non-hydrogen) atoms. The summed E-state index contributed by atoms with van der Waals surface area (Å²) in [6.45, 7) is 5.25. The van der Waals surface area contributed by atoms with E-state index in [4.69, 9.17) is 4.98 Å². The number of piperazine rings is 1. The number of benzene rings is 1. The summed E-state index contributed by atoms with van der Waals surface area (Å²) in [5.74, 6) is 0.743. The molecule has 0 spiro atoms. The number of aryl methyl sites for hydroxylation is 1. The highest BCUT2D eigenvalue weighted by atomic mass is 32.2. The van der Waals surface area contributed by atoms with E-state index in [-0.39, 0.29) is 0 Å². The molecule has 0 amide bonds. The molecular weight excluding hydrogens is 458 g/mol. The van der Waals surface area contributed by atoms with Crippen molar-refractivity contribution in [2.24, 2.45) is 0 Å². The van der Waals surface area contributed by atoms with Gasteiger partial charge in [-0.3, -0.25) is 10.00 Å². The zero-order chi connectivity index (χ0) is 23.0. The van der Waals surface area contributed by atoms with Gasteiger partial charge >= 0.3 is 0 Å². The topological polar surface area (TPSA) is 107 Å². The van der Waals surface area contributed by atoms with Crippen LogP contribution in [0.3, 0.4) is 0 Å². The van der Waals surface area contributed by atoms with Gasteiger partial charge in [0, 0.05) is 50.2 Å². The summed E-state index contributed by atoms with van der Waals surface area (Å²) in [4.78, 5) is 11.4. The summed E-state index contributed by atoms with van der Waals surface area (Å²) in [7, 11) is -3.12. The van der Waals surface area contributed by atoms with Crippen LogP contribution in [0.15, 0.2) is 42.7 Å². The van der Waals surface area contributed by atoms with Gasteiger partial charge in [0.2, 0.25) is 10.0 Å². The molecule has 0 bridgehead atoms. The number of pyridine rings is 1. The Balaban J connectivity index is 1.27. The van der Waals surface area contributed by atoms with E-state index in [0.29, 0.717) is 26.2 Å². The first kappa shape index (κ1) is 22.0. The van der Waals surface area contributed by atoms with Crippen LogP contribution in [0.4, 0.5) is 10.9 Å². The summed E-state index contributed by atoms with van der Waals surface area (Å²) >= 11 is 1.59. The Morgan fingerprint density at radius 2 is 1.97 bits per heavy atom. The Kier molecular flexibility index (Phi) is 5.87. The molecule has 1 aromatic carbocycles. The van der Waals surface area contributed by atoms with E-state index in [1.807, 2.05) is 31.3 Å². The monoisotopic (exact) mass is 483 g/mol. The summed E-state index contributed by atoms with van der Waals surface area (Å²) in [6.07, 6.45) is 4.90. The highest BCUT2D eigenvalue weighted by Gasteiger charge is 2.23. The molecule has 0 saturated carbocycles. The minimum Gasteiger partial charge on any atom is -0.316 e. The third-order valence-electron chi connectivity index (χ3n) is 5.80. The molecule has 1 saturated heterocycles. The number of fused-ring (bicyclic) bond motifs is 1. The molecule has 1 fully saturated rings. The molecule has 172 valence electrons. The predicted molar refractivity (Wildman–Crippen MR) is 131 cm³/mol. The lowest BCUT2D eigenvalue weighted by Gasteiger charge is -2.33. The van der Waals surface area contributed by atoms with E-state index < -0.39 is 10.0 Å². The first-order valence-corrected chi connectivity index (χ1v) is 13.3. The molecule has 2 N–H and O–H groups in total. The van der Waals surface area contributed by atoms with E-state index in [9.17, 15) is 8.42 Å². The largest absolute Gasteiger partial charge is 0.316 e. The van der Waals surface area contributed by atoms with Gasteiger partial charge in [-0.05, 0) is 42.3 Å². The fourth-order valence-corrected chi connectivity index (χ4v) is 5.75. The number of nitrogens with one attached hydrogen (secondary N) is 2. The maximum atomic E-state index is 11.7. The molecule has 0 atom stereocenters. The second kappa shape index (κ2) is 8.82. The van der Waals surface area contributed by atoms with Gasteiger partial charge in [-0.25, -0.2) is 18.4 Å². The van der Waals surface area contributed by atoms with E-state index in [2.05, 4.69) is 37.5 Å². The van der Waals surface area contributed by atoms with Crippen LogP contribution in [-0.2, 0) is 16.6 Å². The minimum absolute atomic E-state index is 0.529. The number of rotatable bonds is 6. The summed E-state index contributed by atoms with van der Waals surface area (Å²) < 4.78 is 26.0. The van der Waals surface area contributed by atoms with Crippen molar-refractivity contribution < 1.29 is 8.42 Å². The lowest BCUT2D eigenvalue weighted by atomic mass is 10.1. The van der Waals surface area contributed by atoms with Crippen LogP contribution in [0, 0.1) is 6.92 Å². The van der Waals surface area contributed by atoms with Crippen molar-refractivity contribution in [2.75, 3.05) is 37.8 Å². The lowest BCUT2D eigenvalue weighted by molar-refractivity contribution is 0.182. The third kappa shape index (κ3) is 4.91. The molecule has 4 aromatic rings. The van der Waals surface area contributed by atoms with Gasteiger partial charge < -0.3 is 5.32 Å². The average molecular weight is 484 g/mol. The van der Waals surface area contributed by atoms with Gasteiger partial charge in [0.1, 0.15) is 5.82 Å². The standard InChI is InChI=1S/C22H25N7O2S2/c1-15-18(13-24-27-15)17-3-4-19-20(12-17)32-22(25-19)26-21-11-16(5-6-23-21)14-28-7-9-29(10-8-28)33(2,30)31/h3-6,11-13H,7-10,14H2,1-2H3,(H,24,27)(H,23,25,26). The van der Waals surface area contributed by atoms with Crippen LogP contribution in [0.25, 0.3) is 21.3 Å². The molecule has 1 aliphatic rings. The maximum Gasteiger partial charge on any atom is 0.211 e. The summed E-state index contributed by atoms with van der Waals surface area (Å²) in [5, 5.41) is 11.2. The zero-order valence-electron chi connectivity index (χ0n) is 18.4. The van der Waals surface area contributed by atoms with E-state index in [1.54, 1.807) is 17.5 Å². The number of thiazole rings is 1. The Hall–Kier alpha value is -2.86. The summed E-state index contributed by atoms with van der Waals surface area (Å²) in [5.41, 5.74) is 5.30. The number of nitrogens with zero attached hydrogens (tertiary/aromatic N) is 5. The SMILES string of the molecule is Cc1[nH]ncc1-c1ccc2nc(Nc3cc(CN4CCN(S(C)(=O)=O)CC4)ccn3)sc2c1. The molecule has 5 rings (SSSR count). The quantitative estimate of drug-likeness (QED) is 0.434. The first-order valence-electron chi connectivity index (χ1n) is 10.7. The Labute approximate surface area is 196 Å². The molecular formula is C22H25N7O2S2. The average Bonchev–Trinajstić information content (AvgIpc) is 3.38. The summed E-state index contributed by atoms with van der Waals surface area (Å²) in [6, 6.07) is 10.2. The molecule has 4 heterocycles. The van der Waals surface area contributed by atoms with Crippen LogP contribution < -0.4 is 5.32 Å².